The fraction of sp³-hybridized carbons (Fsp3) is 0.333. The van der Waals surface area contributed by atoms with Gasteiger partial charge >= 0.3 is 18.3 Å². The summed E-state index contributed by atoms with van der Waals surface area (Å²) < 4.78 is 84.6. The molecule has 0 spiro atoms. The third kappa shape index (κ3) is 4.90. The van der Waals surface area contributed by atoms with Gasteiger partial charge in [0.25, 0.3) is 5.60 Å². The lowest BCUT2D eigenvalue weighted by atomic mass is 9.92. The number of hydrogen-bond donors (Lipinski definition) is 2. The number of anilines is 1. The van der Waals surface area contributed by atoms with Crippen LogP contribution < -0.4 is 4.90 Å². The molecular weight excluding hydrogens is 494 g/mol. The van der Waals surface area contributed by atoms with Crippen molar-refractivity contribution in [3.63, 3.8) is 0 Å². The topological polar surface area (TPSA) is 86.8 Å². The molecule has 0 aliphatic heterocycles. The number of alkyl halides is 6. The van der Waals surface area contributed by atoms with E-state index >= 15 is 0 Å². The number of aliphatic hydroxyl groups is 1. The molecular formula is C24H22F6N2O4. The zero-order valence-corrected chi connectivity index (χ0v) is 19.3. The maximum Gasteiger partial charge on any atom is 0.430 e. The Bertz CT molecular complexity index is 1230. The molecule has 0 aliphatic carbocycles. The Morgan fingerprint density at radius 3 is 2.06 bits per heavy atom. The van der Waals surface area contributed by atoms with Crippen molar-refractivity contribution in [1.82, 2.24) is 4.98 Å². The molecule has 0 fully saturated rings. The van der Waals surface area contributed by atoms with E-state index in [-0.39, 0.29) is 18.0 Å². The Hall–Kier alpha value is -3.54. The minimum Gasteiger partial charge on any atom is -0.478 e. The van der Waals surface area contributed by atoms with E-state index in [2.05, 4.69) is 4.98 Å². The van der Waals surface area contributed by atoms with Crippen LogP contribution in [0.3, 0.4) is 0 Å². The molecule has 2 N–H and O–H groups in total. The van der Waals surface area contributed by atoms with Gasteiger partial charge in [0.2, 0.25) is 5.89 Å². The molecule has 0 atom stereocenters. The quantitative estimate of drug-likeness (QED) is 0.375. The minimum atomic E-state index is -5.97. The fourth-order valence-electron chi connectivity index (χ4n) is 3.70. The first kappa shape index (κ1) is 27.1. The zero-order chi connectivity index (χ0) is 27.1. The van der Waals surface area contributed by atoms with E-state index in [1.165, 1.54) is 6.07 Å². The van der Waals surface area contributed by atoms with E-state index in [1.54, 1.807) is 37.8 Å². The summed E-state index contributed by atoms with van der Waals surface area (Å²) in [4.78, 5) is 17.3. The number of rotatable bonds is 7. The summed E-state index contributed by atoms with van der Waals surface area (Å²) in [7, 11) is 0. The molecule has 0 aliphatic rings. The van der Waals surface area contributed by atoms with E-state index in [9.17, 15) is 41.4 Å². The van der Waals surface area contributed by atoms with Gasteiger partial charge in [0.1, 0.15) is 11.5 Å². The van der Waals surface area contributed by atoms with Crippen molar-refractivity contribution in [2.45, 2.75) is 45.3 Å². The van der Waals surface area contributed by atoms with E-state index in [0.29, 0.717) is 46.9 Å². The van der Waals surface area contributed by atoms with Gasteiger partial charge in [-0.3, -0.25) is 0 Å². The van der Waals surface area contributed by atoms with Gasteiger partial charge in [-0.1, -0.05) is 12.1 Å². The number of aromatic nitrogens is 1. The molecule has 0 radical (unpaired) electrons. The van der Waals surface area contributed by atoms with E-state index in [0.717, 1.165) is 12.1 Å². The van der Waals surface area contributed by atoms with Crippen LogP contribution in [0.5, 0.6) is 0 Å². The number of carboxylic acid groups (broad SMARTS) is 1. The van der Waals surface area contributed by atoms with Gasteiger partial charge in [-0.15, -0.1) is 0 Å². The first-order valence-corrected chi connectivity index (χ1v) is 10.6. The molecule has 1 heterocycles. The van der Waals surface area contributed by atoms with Gasteiger partial charge in [-0.25, -0.2) is 9.78 Å². The number of carbonyl (C=O) groups is 1. The molecule has 36 heavy (non-hydrogen) atoms. The summed E-state index contributed by atoms with van der Waals surface area (Å²) in [5.74, 6) is -0.408. The number of aryl methyl sites for hydroxylation is 2. The van der Waals surface area contributed by atoms with Crippen LogP contribution in [0.4, 0.5) is 32.0 Å². The predicted octanol–water partition coefficient (Wildman–Crippen LogP) is 6.00. The van der Waals surface area contributed by atoms with Crippen molar-refractivity contribution in [1.29, 1.82) is 0 Å². The van der Waals surface area contributed by atoms with Crippen LogP contribution in [-0.2, 0) is 12.1 Å². The van der Waals surface area contributed by atoms with E-state index in [1.807, 2.05) is 0 Å². The Balaban J connectivity index is 1.88. The lowest BCUT2D eigenvalue weighted by Gasteiger charge is -2.33. The van der Waals surface area contributed by atoms with Crippen molar-refractivity contribution in [3.05, 3.63) is 70.6 Å². The van der Waals surface area contributed by atoms with Crippen LogP contribution in [-0.4, -0.2) is 40.1 Å². The number of benzene rings is 2. The lowest BCUT2D eigenvalue weighted by molar-refractivity contribution is -0.376. The molecule has 3 aromatic rings. The molecule has 0 unspecified atom stereocenters. The number of halogens is 6. The molecule has 2 aromatic carbocycles. The number of nitrogens with zero attached hydrogens (tertiary/aromatic N) is 2. The Morgan fingerprint density at radius 2 is 1.58 bits per heavy atom. The van der Waals surface area contributed by atoms with Gasteiger partial charge in [0.15, 0.2) is 0 Å². The summed E-state index contributed by atoms with van der Waals surface area (Å²) >= 11 is 0. The van der Waals surface area contributed by atoms with Crippen molar-refractivity contribution in [2.24, 2.45) is 0 Å². The maximum absolute atomic E-state index is 13.1. The van der Waals surface area contributed by atoms with Crippen LogP contribution in [0.2, 0.25) is 0 Å². The van der Waals surface area contributed by atoms with Gasteiger partial charge in [0, 0.05) is 23.4 Å². The number of aromatic carboxylic acids is 1. The van der Waals surface area contributed by atoms with Gasteiger partial charge in [0.05, 0.1) is 12.1 Å². The SMILES string of the molecule is CCN(Cc1nc(-c2ccc(C(=O)O)c(C)c2)oc1C)c1ccc(C(O)(C(F)(F)F)C(F)(F)F)cc1. The normalized spacial score (nSPS) is 12.6. The molecule has 6 nitrogen and oxygen atoms in total. The van der Waals surface area contributed by atoms with Gasteiger partial charge in [-0.2, -0.15) is 26.3 Å². The number of carboxylic acids is 1. The van der Waals surface area contributed by atoms with Crippen molar-refractivity contribution < 1.29 is 45.8 Å². The maximum atomic E-state index is 13.1. The summed E-state index contributed by atoms with van der Waals surface area (Å²) in [5.41, 5.74) is -4.39. The third-order valence-electron chi connectivity index (χ3n) is 5.79. The van der Waals surface area contributed by atoms with Crippen LogP contribution in [0, 0.1) is 13.8 Å². The molecule has 12 heteroatoms. The molecule has 0 saturated heterocycles. The summed E-state index contributed by atoms with van der Waals surface area (Å²) in [6.45, 7) is 5.47. The highest BCUT2D eigenvalue weighted by molar-refractivity contribution is 5.90. The molecule has 0 amide bonds. The highest BCUT2D eigenvalue weighted by atomic mass is 19.4. The third-order valence-corrected chi connectivity index (χ3v) is 5.79. The minimum absolute atomic E-state index is 0.125. The van der Waals surface area contributed by atoms with Crippen LogP contribution in [0.25, 0.3) is 11.5 Å². The average Bonchev–Trinajstić information content (AvgIpc) is 3.15. The molecule has 0 bridgehead atoms. The monoisotopic (exact) mass is 516 g/mol. The van der Waals surface area contributed by atoms with Crippen molar-refractivity contribution in [3.8, 4) is 11.5 Å². The standard InChI is InChI=1S/C24H22F6N2O4/c1-4-32(17-8-6-16(7-9-17)22(35,23(25,26)27)24(28,29)30)12-19-14(3)36-20(31-19)15-5-10-18(21(33)34)13(2)11-15/h5-11,35H,4,12H2,1-3H3,(H,33,34). The van der Waals surface area contributed by atoms with Gasteiger partial charge in [-0.05, 0) is 56.7 Å². The van der Waals surface area contributed by atoms with Crippen LogP contribution in [0.15, 0.2) is 46.9 Å². The Kier molecular flexibility index (Phi) is 7.13. The second kappa shape index (κ2) is 9.49. The van der Waals surface area contributed by atoms with Crippen molar-refractivity contribution in [2.75, 3.05) is 11.4 Å². The average molecular weight is 516 g/mol. The van der Waals surface area contributed by atoms with Crippen molar-refractivity contribution >= 4 is 11.7 Å². The predicted molar refractivity (Wildman–Crippen MR) is 118 cm³/mol. The first-order valence-electron chi connectivity index (χ1n) is 10.6. The number of hydrogen-bond acceptors (Lipinski definition) is 5. The highest BCUT2D eigenvalue weighted by Gasteiger charge is 2.71. The first-order chi connectivity index (χ1) is 16.6. The summed E-state index contributed by atoms with van der Waals surface area (Å²) in [6.07, 6.45) is -11.9. The summed E-state index contributed by atoms with van der Waals surface area (Å²) in [6, 6.07) is 7.88. The molecule has 1 aromatic heterocycles. The van der Waals surface area contributed by atoms with Gasteiger partial charge < -0.3 is 19.5 Å². The fourth-order valence-corrected chi connectivity index (χ4v) is 3.70. The molecule has 194 valence electrons. The van der Waals surface area contributed by atoms with E-state index < -0.39 is 29.5 Å². The Labute approximate surface area is 201 Å². The molecule has 0 saturated carbocycles. The zero-order valence-electron chi connectivity index (χ0n) is 19.3. The van der Waals surface area contributed by atoms with Crippen LogP contribution in [0.1, 0.15) is 39.9 Å². The smallest absolute Gasteiger partial charge is 0.430 e. The number of oxazole rings is 1. The highest BCUT2D eigenvalue weighted by Crippen LogP contribution is 2.50. The second-order valence-electron chi connectivity index (χ2n) is 8.12. The van der Waals surface area contributed by atoms with Crippen LogP contribution >= 0.6 is 0 Å². The summed E-state index contributed by atoms with van der Waals surface area (Å²) in [5, 5.41) is 18.8. The largest absolute Gasteiger partial charge is 0.478 e. The second-order valence-corrected chi connectivity index (χ2v) is 8.12. The molecule has 3 rings (SSSR count). The lowest BCUT2D eigenvalue weighted by Crippen LogP contribution is -2.53. The van der Waals surface area contributed by atoms with E-state index in [4.69, 9.17) is 4.42 Å². The Morgan fingerprint density at radius 1 is 1.00 bits per heavy atom.